The molecule has 4 rings (SSSR count). The van der Waals surface area contributed by atoms with Crippen molar-refractivity contribution < 1.29 is 9.18 Å². The van der Waals surface area contributed by atoms with Gasteiger partial charge in [0, 0.05) is 44.1 Å². The van der Waals surface area contributed by atoms with E-state index in [1.807, 2.05) is 4.90 Å². The zero-order valence-electron chi connectivity index (χ0n) is 17.1. The summed E-state index contributed by atoms with van der Waals surface area (Å²) in [5, 5.41) is 0.921. The Morgan fingerprint density at radius 2 is 1.73 bits per heavy atom. The number of hydrogen-bond donors (Lipinski definition) is 0. The number of nitrogens with zero attached hydrogens (tertiary/aromatic N) is 4. The third-order valence-electron chi connectivity index (χ3n) is 5.33. The molecule has 156 valence electrons. The van der Waals surface area contributed by atoms with Gasteiger partial charge in [0.1, 0.15) is 11.6 Å². The molecule has 1 aliphatic rings. The Balaban J connectivity index is 1.33. The number of carbonyl (C=O) groups is 1. The summed E-state index contributed by atoms with van der Waals surface area (Å²) < 4.78 is 17.6. The third kappa shape index (κ3) is 5.21. The van der Waals surface area contributed by atoms with Crippen molar-refractivity contribution in [3.63, 3.8) is 0 Å². The van der Waals surface area contributed by atoms with Crippen LogP contribution in [0.4, 0.5) is 9.52 Å². The molecule has 7 heteroatoms. The van der Waals surface area contributed by atoms with Crippen molar-refractivity contribution in [1.29, 1.82) is 0 Å². The fourth-order valence-corrected chi connectivity index (χ4v) is 4.32. The molecule has 0 aliphatic carbocycles. The third-order valence-corrected chi connectivity index (χ3v) is 6.14. The highest BCUT2D eigenvalue weighted by Crippen LogP contribution is 2.21. The Labute approximate surface area is 180 Å². The van der Waals surface area contributed by atoms with Gasteiger partial charge in [-0.05, 0) is 36.6 Å². The molecule has 0 spiro atoms. The quantitative estimate of drug-likeness (QED) is 0.624. The maximum absolute atomic E-state index is 13.1. The van der Waals surface area contributed by atoms with Gasteiger partial charge in [0.2, 0.25) is 11.0 Å². The van der Waals surface area contributed by atoms with Crippen LogP contribution < -0.4 is 4.90 Å². The van der Waals surface area contributed by atoms with E-state index in [9.17, 15) is 9.18 Å². The molecule has 0 saturated carbocycles. The van der Waals surface area contributed by atoms with E-state index in [0.717, 1.165) is 49.0 Å². The molecule has 30 heavy (non-hydrogen) atoms. The fourth-order valence-electron chi connectivity index (χ4n) is 3.58. The molecule has 0 N–H and O–H groups in total. The molecule has 1 amide bonds. The van der Waals surface area contributed by atoms with Gasteiger partial charge in [-0.25, -0.2) is 9.37 Å². The number of benzene rings is 2. The molecular formula is C23H25FN4OS. The summed E-state index contributed by atoms with van der Waals surface area (Å²) in [6.07, 6.45) is 1.93. The number of rotatable bonds is 5. The van der Waals surface area contributed by atoms with E-state index in [4.69, 9.17) is 4.98 Å². The minimum atomic E-state index is -0.282. The molecule has 5 nitrogen and oxygen atoms in total. The van der Waals surface area contributed by atoms with E-state index in [0.29, 0.717) is 13.0 Å². The lowest BCUT2D eigenvalue weighted by Crippen LogP contribution is -2.36. The number of aromatic nitrogens is 2. The van der Waals surface area contributed by atoms with E-state index in [2.05, 4.69) is 40.5 Å². The summed E-state index contributed by atoms with van der Waals surface area (Å²) in [6.45, 7) is 5.07. The summed E-state index contributed by atoms with van der Waals surface area (Å²) in [5.41, 5.74) is 3.29. The van der Waals surface area contributed by atoms with E-state index >= 15 is 0 Å². The minimum Gasteiger partial charge on any atom is -0.345 e. The zero-order valence-corrected chi connectivity index (χ0v) is 17.9. The van der Waals surface area contributed by atoms with Crippen LogP contribution in [0.25, 0.3) is 0 Å². The largest absolute Gasteiger partial charge is 0.345 e. The topological polar surface area (TPSA) is 49.3 Å². The standard InChI is InChI=1S/C23H25FN4OS/c1-17-3-5-18(6-4-17)15-21-25-23(30-26-21)28-12-2-11-27(13-14-28)22(29)16-19-7-9-20(24)10-8-19/h3-10H,2,11-16H2,1H3. The SMILES string of the molecule is Cc1ccc(Cc2nsc(N3CCCN(C(=O)Cc4ccc(F)cc4)CC3)n2)cc1. The summed E-state index contributed by atoms with van der Waals surface area (Å²) in [5.74, 6) is 0.642. The number of carbonyl (C=O) groups excluding carboxylic acids is 1. The minimum absolute atomic E-state index is 0.0841. The van der Waals surface area contributed by atoms with Crippen molar-refractivity contribution >= 4 is 22.6 Å². The molecule has 2 heterocycles. The second-order valence-electron chi connectivity index (χ2n) is 7.68. The molecule has 1 fully saturated rings. The Morgan fingerprint density at radius 1 is 1.00 bits per heavy atom. The monoisotopic (exact) mass is 424 g/mol. The van der Waals surface area contributed by atoms with Crippen molar-refractivity contribution in [2.45, 2.75) is 26.2 Å². The van der Waals surface area contributed by atoms with Gasteiger partial charge < -0.3 is 9.80 Å². The maximum atomic E-state index is 13.1. The van der Waals surface area contributed by atoms with Crippen LogP contribution in [0.3, 0.4) is 0 Å². The van der Waals surface area contributed by atoms with Gasteiger partial charge >= 0.3 is 0 Å². The first kappa shape index (κ1) is 20.5. The molecular weight excluding hydrogens is 399 g/mol. The maximum Gasteiger partial charge on any atom is 0.227 e. The van der Waals surface area contributed by atoms with Crippen molar-refractivity contribution in [3.8, 4) is 0 Å². The van der Waals surface area contributed by atoms with Gasteiger partial charge in [0.05, 0.1) is 6.42 Å². The van der Waals surface area contributed by atoms with Gasteiger partial charge in [0.25, 0.3) is 0 Å². The lowest BCUT2D eigenvalue weighted by atomic mass is 10.1. The first-order chi connectivity index (χ1) is 14.6. The van der Waals surface area contributed by atoms with E-state index < -0.39 is 0 Å². The smallest absolute Gasteiger partial charge is 0.227 e. The van der Waals surface area contributed by atoms with Crippen molar-refractivity contribution in [2.24, 2.45) is 0 Å². The van der Waals surface area contributed by atoms with Crippen LogP contribution in [0.2, 0.25) is 0 Å². The summed E-state index contributed by atoms with van der Waals surface area (Å²) in [6, 6.07) is 14.6. The van der Waals surface area contributed by atoms with E-state index in [1.54, 1.807) is 12.1 Å². The highest BCUT2D eigenvalue weighted by Gasteiger charge is 2.21. The van der Waals surface area contributed by atoms with Crippen molar-refractivity contribution in [3.05, 3.63) is 76.9 Å². The van der Waals surface area contributed by atoms with E-state index in [-0.39, 0.29) is 11.7 Å². The summed E-state index contributed by atoms with van der Waals surface area (Å²) >= 11 is 1.43. The fraction of sp³-hybridized carbons (Fsp3) is 0.348. The second-order valence-corrected chi connectivity index (χ2v) is 8.41. The van der Waals surface area contributed by atoms with E-state index in [1.165, 1.54) is 34.8 Å². The number of aryl methyl sites for hydroxylation is 1. The van der Waals surface area contributed by atoms with Crippen LogP contribution >= 0.6 is 11.5 Å². The Hall–Kier alpha value is -2.80. The molecule has 0 unspecified atom stereocenters. The molecule has 1 aliphatic heterocycles. The number of amides is 1. The Bertz CT molecular complexity index is 987. The highest BCUT2D eigenvalue weighted by molar-refractivity contribution is 7.09. The Kier molecular flexibility index (Phi) is 6.38. The van der Waals surface area contributed by atoms with Gasteiger partial charge in [-0.15, -0.1) is 0 Å². The van der Waals surface area contributed by atoms with Crippen molar-refractivity contribution in [2.75, 3.05) is 31.1 Å². The predicted molar refractivity (Wildman–Crippen MR) is 117 cm³/mol. The average Bonchev–Trinajstić information content (AvgIpc) is 3.06. The van der Waals surface area contributed by atoms with Crippen LogP contribution in [-0.4, -0.2) is 46.3 Å². The van der Waals surface area contributed by atoms with Gasteiger partial charge in [0.15, 0.2) is 0 Å². The second kappa shape index (κ2) is 9.34. The molecule has 3 aromatic rings. The molecule has 0 bridgehead atoms. The van der Waals surface area contributed by atoms with Gasteiger partial charge in [-0.3, -0.25) is 4.79 Å². The summed E-state index contributed by atoms with van der Waals surface area (Å²) in [4.78, 5) is 21.5. The van der Waals surface area contributed by atoms with Gasteiger partial charge in [-0.1, -0.05) is 42.0 Å². The van der Waals surface area contributed by atoms with Crippen LogP contribution in [0.15, 0.2) is 48.5 Å². The molecule has 1 saturated heterocycles. The predicted octanol–water partition coefficient (Wildman–Crippen LogP) is 3.86. The van der Waals surface area contributed by atoms with Crippen molar-refractivity contribution in [1.82, 2.24) is 14.3 Å². The van der Waals surface area contributed by atoms with Crippen LogP contribution in [0.5, 0.6) is 0 Å². The zero-order chi connectivity index (χ0) is 20.9. The van der Waals surface area contributed by atoms with Gasteiger partial charge in [-0.2, -0.15) is 4.37 Å². The number of hydrogen-bond acceptors (Lipinski definition) is 5. The molecule has 1 aromatic heterocycles. The molecule has 0 atom stereocenters. The highest BCUT2D eigenvalue weighted by atomic mass is 32.1. The lowest BCUT2D eigenvalue weighted by molar-refractivity contribution is -0.130. The van der Waals surface area contributed by atoms with Crippen LogP contribution in [0.1, 0.15) is 28.9 Å². The first-order valence-corrected chi connectivity index (χ1v) is 11.0. The number of halogens is 1. The van der Waals surface area contributed by atoms with Crippen LogP contribution in [0, 0.1) is 12.7 Å². The first-order valence-electron chi connectivity index (χ1n) is 10.2. The average molecular weight is 425 g/mol. The lowest BCUT2D eigenvalue weighted by Gasteiger charge is -2.21. The van der Waals surface area contributed by atoms with Crippen LogP contribution in [-0.2, 0) is 17.6 Å². The Morgan fingerprint density at radius 3 is 2.50 bits per heavy atom. The molecule has 2 aromatic carbocycles. The number of anilines is 1. The normalized spacial score (nSPS) is 14.6. The summed E-state index contributed by atoms with van der Waals surface area (Å²) in [7, 11) is 0. The molecule has 0 radical (unpaired) electrons.